The summed E-state index contributed by atoms with van der Waals surface area (Å²) in [7, 11) is 1.48. The molecule has 0 saturated heterocycles. The number of hydrogen-bond donors (Lipinski definition) is 2. The molecule has 0 aromatic carbocycles. The van der Waals surface area contributed by atoms with Gasteiger partial charge in [-0.1, -0.05) is 0 Å². The molecule has 100 valence electrons. The molecule has 2 N–H and O–H groups in total. The minimum atomic E-state index is -0.921. The van der Waals surface area contributed by atoms with Crippen molar-refractivity contribution in [3.63, 3.8) is 0 Å². The van der Waals surface area contributed by atoms with E-state index in [1.807, 2.05) is 6.26 Å². The van der Waals surface area contributed by atoms with Crippen molar-refractivity contribution >= 4 is 17.7 Å². The molecule has 0 fully saturated rings. The van der Waals surface area contributed by atoms with Gasteiger partial charge in [-0.15, -0.1) is 0 Å². The molecule has 1 atom stereocenters. The van der Waals surface area contributed by atoms with E-state index in [0.717, 1.165) is 0 Å². The number of ether oxygens (including phenoxy) is 1. The number of methoxy groups -OCH3 is 1. The van der Waals surface area contributed by atoms with Crippen LogP contribution in [0.25, 0.3) is 0 Å². The molecule has 0 radical (unpaired) electrons. The van der Waals surface area contributed by atoms with Crippen LogP contribution >= 0.6 is 11.8 Å². The standard InChI is InChI=1S/C12H18N2O3S/c1-12(16,8-18-3)7-14-11(15)9-4-5-13-6-10(9)17-2/h4-6,16H,7-8H2,1-3H3,(H,14,15). The summed E-state index contributed by atoms with van der Waals surface area (Å²) in [4.78, 5) is 15.8. The third-order valence-corrected chi connectivity index (χ3v) is 3.24. The Morgan fingerprint density at radius 2 is 2.39 bits per heavy atom. The second kappa shape index (κ2) is 6.61. The average Bonchev–Trinajstić information content (AvgIpc) is 2.36. The summed E-state index contributed by atoms with van der Waals surface area (Å²) in [6, 6.07) is 1.58. The highest BCUT2D eigenvalue weighted by molar-refractivity contribution is 7.98. The first-order valence-electron chi connectivity index (χ1n) is 5.47. The Labute approximate surface area is 111 Å². The zero-order valence-electron chi connectivity index (χ0n) is 10.8. The Hall–Kier alpha value is -1.27. The Balaban J connectivity index is 2.66. The Bertz CT molecular complexity index is 410. The van der Waals surface area contributed by atoms with Gasteiger partial charge in [-0.2, -0.15) is 11.8 Å². The van der Waals surface area contributed by atoms with Crippen molar-refractivity contribution in [1.29, 1.82) is 0 Å². The lowest BCUT2D eigenvalue weighted by molar-refractivity contribution is 0.0723. The van der Waals surface area contributed by atoms with E-state index in [1.54, 1.807) is 13.0 Å². The molecule has 0 aliphatic carbocycles. The monoisotopic (exact) mass is 270 g/mol. The molecule has 0 bridgehead atoms. The number of nitrogens with zero attached hydrogens (tertiary/aromatic N) is 1. The molecule has 1 amide bonds. The minimum Gasteiger partial charge on any atom is -0.494 e. The van der Waals surface area contributed by atoms with Crippen LogP contribution in [0.1, 0.15) is 17.3 Å². The molecule has 0 spiro atoms. The van der Waals surface area contributed by atoms with Gasteiger partial charge in [0.25, 0.3) is 5.91 Å². The van der Waals surface area contributed by atoms with Crippen LogP contribution in [0.4, 0.5) is 0 Å². The quantitative estimate of drug-likeness (QED) is 0.805. The molecule has 1 aromatic heterocycles. The van der Waals surface area contributed by atoms with E-state index >= 15 is 0 Å². The van der Waals surface area contributed by atoms with Crippen molar-refractivity contribution in [2.45, 2.75) is 12.5 Å². The van der Waals surface area contributed by atoms with Crippen molar-refractivity contribution in [2.75, 3.05) is 25.7 Å². The predicted molar refractivity (Wildman–Crippen MR) is 72.1 cm³/mol. The third-order valence-electron chi connectivity index (χ3n) is 2.33. The number of amides is 1. The molecule has 5 nitrogen and oxygen atoms in total. The molecular formula is C12H18N2O3S. The molecule has 1 unspecified atom stereocenters. The molecular weight excluding hydrogens is 252 g/mol. The first-order valence-corrected chi connectivity index (χ1v) is 6.87. The number of aliphatic hydroxyl groups is 1. The lowest BCUT2D eigenvalue weighted by atomic mass is 10.1. The first kappa shape index (κ1) is 14.8. The van der Waals surface area contributed by atoms with Crippen LogP contribution in [0.15, 0.2) is 18.5 Å². The van der Waals surface area contributed by atoms with E-state index in [0.29, 0.717) is 17.1 Å². The van der Waals surface area contributed by atoms with E-state index < -0.39 is 5.60 Å². The third kappa shape index (κ3) is 4.19. The van der Waals surface area contributed by atoms with Gasteiger partial charge >= 0.3 is 0 Å². The van der Waals surface area contributed by atoms with E-state index in [9.17, 15) is 9.90 Å². The summed E-state index contributed by atoms with van der Waals surface area (Å²) in [6.45, 7) is 1.88. The topological polar surface area (TPSA) is 71.5 Å². The molecule has 18 heavy (non-hydrogen) atoms. The van der Waals surface area contributed by atoms with Gasteiger partial charge < -0.3 is 15.2 Å². The summed E-state index contributed by atoms with van der Waals surface area (Å²) in [5.74, 6) is 0.691. The molecule has 1 rings (SSSR count). The fraction of sp³-hybridized carbons (Fsp3) is 0.500. The van der Waals surface area contributed by atoms with Crippen molar-refractivity contribution < 1.29 is 14.6 Å². The largest absolute Gasteiger partial charge is 0.494 e. The van der Waals surface area contributed by atoms with E-state index in [-0.39, 0.29) is 12.5 Å². The number of rotatable bonds is 6. The van der Waals surface area contributed by atoms with Crippen molar-refractivity contribution in [1.82, 2.24) is 10.3 Å². The molecule has 0 aliphatic rings. The number of carbonyl (C=O) groups excluding carboxylic acids is 1. The van der Waals surface area contributed by atoms with Crippen molar-refractivity contribution in [2.24, 2.45) is 0 Å². The van der Waals surface area contributed by atoms with Crippen LogP contribution in [0.5, 0.6) is 5.75 Å². The summed E-state index contributed by atoms with van der Waals surface area (Å²) < 4.78 is 5.06. The highest BCUT2D eigenvalue weighted by atomic mass is 32.2. The first-order chi connectivity index (χ1) is 8.50. The number of thioether (sulfide) groups is 1. The Morgan fingerprint density at radius 1 is 1.67 bits per heavy atom. The maximum absolute atomic E-state index is 11.9. The Kier molecular flexibility index (Phi) is 5.43. The lowest BCUT2D eigenvalue weighted by Gasteiger charge is -2.22. The summed E-state index contributed by atoms with van der Waals surface area (Å²) in [5.41, 5.74) is -0.512. The van der Waals surface area contributed by atoms with Crippen molar-refractivity contribution in [3.05, 3.63) is 24.0 Å². The predicted octanol–water partition coefficient (Wildman–Crippen LogP) is 0.934. The zero-order valence-corrected chi connectivity index (χ0v) is 11.6. The molecule has 1 aromatic rings. The van der Waals surface area contributed by atoms with E-state index in [4.69, 9.17) is 4.74 Å². The zero-order chi connectivity index (χ0) is 13.6. The molecule has 1 heterocycles. The van der Waals surface area contributed by atoms with Gasteiger partial charge in [0.1, 0.15) is 5.75 Å². The van der Waals surface area contributed by atoms with Gasteiger partial charge in [0.2, 0.25) is 0 Å². The van der Waals surface area contributed by atoms with Gasteiger partial charge in [0.15, 0.2) is 0 Å². The van der Waals surface area contributed by atoms with Gasteiger partial charge in [0.05, 0.1) is 24.5 Å². The molecule has 6 heteroatoms. The van der Waals surface area contributed by atoms with Crippen LogP contribution in [0.2, 0.25) is 0 Å². The number of carbonyl (C=O) groups is 1. The Morgan fingerprint density at radius 3 is 3.00 bits per heavy atom. The van der Waals surface area contributed by atoms with Gasteiger partial charge in [-0.05, 0) is 19.2 Å². The SMILES string of the molecule is COc1cnccc1C(=O)NCC(C)(O)CSC. The lowest BCUT2D eigenvalue weighted by Crippen LogP contribution is -2.42. The second-order valence-electron chi connectivity index (χ2n) is 4.19. The van der Waals surface area contributed by atoms with Gasteiger partial charge in [-0.3, -0.25) is 9.78 Å². The van der Waals surface area contributed by atoms with E-state index in [1.165, 1.54) is 31.3 Å². The van der Waals surface area contributed by atoms with Crippen LogP contribution in [-0.2, 0) is 0 Å². The highest BCUT2D eigenvalue weighted by Crippen LogP contribution is 2.16. The average molecular weight is 270 g/mol. The molecule has 0 saturated carbocycles. The second-order valence-corrected chi connectivity index (χ2v) is 5.05. The van der Waals surface area contributed by atoms with E-state index in [2.05, 4.69) is 10.3 Å². The number of pyridine rings is 1. The van der Waals surface area contributed by atoms with Crippen LogP contribution < -0.4 is 10.1 Å². The van der Waals surface area contributed by atoms with Crippen molar-refractivity contribution in [3.8, 4) is 5.75 Å². The molecule has 0 aliphatic heterocycles. The minimum absolute atomic E-state index is 0.193. The van der Waals surface area contributed by atoms with Crippen LogP contribution in [-0.4, -0.2) is 47.3 Å². The summed E-state index contributed by atoms with van der Waals surface area (Å²) in [6.07, 6.45) is 4.91. The number of aromatic nitrogens is 1. The number of nitrogens with one attached hydrogen (secondary N) is 1. The maximum Gasteiger partial charge on any atom is 0.255 e. The number of hydrogen-bond acceptors (Lipinski definition) is 5. The van der Waals surface area contributed by atoms with Crippen LogP contribution in [0.3, 0.4) is 0 Å². The fourth-order valence-corrected chi connectivity index (χ4v) is 2.18. The normalized spacial score (nSPS) is 13.8. The summed E-state index contributed by atoms with van der Waals surface area (Å²) >= 11 is 1.53. The van der Waals surface area contributed by atoms with Gasteiger partial charge in [-0.25, -0.2) is 0 Å². The fourth-order valence-electron chi connectivity index (χ4n) is 1.46. The highest BCUT2D eigenvalue weighted by Gasteiger charge is 2.21. The van der Waals surface area contributed by atoms with Crippen LogP contribution in [0, 0.1) is 0 Å². The summed E-state index contributed by atoms with van der Waals surface area (Å²) in [5, 5.41) is 12.6. The maximum atomic E-state index is 11.9. The smallest absolute Gasteiger partial charge is 0.255 e. The van der Waals surface area contributed by atoms with Gasteiger partial charge in [0, 0.05) is 18.5 Å².